The van der Waals surface area contributed by atoms with Crippen LogP contribution in [0.3, 0.4) is 0 Å². The molecule has 0 bridgehead atoms. The van der Waals surface area contributed by atoms with Gasteiger partial charge in [-0.05, 0) is 43.5 Å². The van der Waals surface area contributed by atoms with Crippen LogP contribution in [-0.4, -0.2) is 35.0 Å². The van der Waals surface area contributed by atoms with E-state index in [1.807, 2.05) is 36.4 Å². The Balaban J connectivity index is 1.87. The summed E-state index contributed by atoms with van der Waals surface area (Å²) in [5.41, 5.74) is 1.45. The maximum absolute atomic E-state index is 13.1. The summed E-state index contributed by atoms with van der Waals surface area (Å²) in [7, 11) is 0. The molecule has 1 N–H and O–H groups in total. The number of benzene rings is 2. The SMILES string of the molecule is CC(C)(CN1CCc2cc(Br)cc(OCc3ccccc3)c2C1=O)C(=O)O. The fourth-order valence-electron chi connectivity index (χ4n) is 3.14. The van der Waals surface area contributed by atoms with Crippen LogP contribution in [0.15, 0.2) is 46.9 Å². The van der Waals surface area contributed by atoms with Crippen LogP contribution in [0.5, 0.6) is 5.75 Å². The minimum Gasteiger partial charge on any atom is -0.488 e. The third-order valence-corrected chi connectivity index (χ3v) is 5.16. The Morgan fingerprint density at radius 3 is 2.63 bits per heavy atom. The molecule has 1 heterocycles. The average Bonchev–Trinajstić information content (AvgIpc) is 2.62. The van der Waals surface area contributed by atoms with Gasteiger partial charge in [-0.25, -0.2) is 0 Å². The van der Waals surface area contributed by atoms with Gasteiger partial charge in [0.05, 0.1) is 11.0 Å². The van der Waals surface area contributed by atoms with Gasteiger partial charge in [-0.1, -0.05) is 46.3 Å². The predicted molar refractivity (Wildman–Crippen MR) is 106 cm³/mol. The molecule has 1 aliphatic rings. The molecule has 2 aromatic carbocycles. The monoisotopic (exact) mass is 431 g/mol. The van der Waals surface area contributed by atoms with Crippen LogP contribution in [0.1, 0.15) is 35.3 Å². The number of ether oxygens (including phenoxy) is 1. The summed E-state index contributed by atoms with van der Waals surface area (Å²) >= 11 is 3.49. The first kappa shape index (κ1) is 19.4. The highest BCUT2D eigenvalue weighted by Crippen LogP contribution is 2.33. The van der Waals surface area contributed by atoms with Crippen molar-refractivity contribution in [2.75, 3.05) is 13.1 Å². The largest absolute Gasteiger partial charge is 0.488 e. The van der Waals surface area contributed by atoms with E-state index in [1.165, 1.54) is 0 Å². The zero-order chi connectivity index (χ0) is 19.6. The second-order valence-corrected chi connectivity index (χ2v) is 8.29. The number of carbonyl (C=O) groups is 2. The second-order valence-electron chi connectivity index (χ2n) is 7.38. The summed E-state index contributed by atoms with van der Waals surface area (Å²) in [5.74, 6) is -0.579. The molecule has 0 saturated heterocycles. The number of carbonyl (C=O) groups excluding carboxylic acids is 1. The first-order chi connectivity index (χ1) is 12.8. The van der Waals surface area contributed by atoms with Gasteiger partial charge in [-0.3, -0.25) is 9.59 Å². The smallest absolute Gasteiger partial charge is 0.310 e. The van der Waals surface area contributed by atoms with Crippen molar-refractivity contribution >= 4 is 27.8 Å². The van der Waals surface area contributed by atoms with E-state index in [0.29, 0.717) is 30.9 Å². The lowest BCUT2D eigenvalue weighted by Crippen LogP contribution is -2.45. The van der Waals surface area contributed by atoms with E-state index >= 15 is 0 Å². The number of halogens is 1. The number of fused-ring (bicyclic) bond motifs is 1. The molecule has 0 aromatic heterocycles. The molecular weight excluding hydrogens is 410 g/mol. The molecular formula is C21H22BrNO4. The Bertz CT molecular complexity index is 864. The lowest BCUT2D eigenvalue weighted by Gasteiger charge is -2.34. The molecule has 1 amide bonds. The van der Waals surface area contributed by atoms with Gasteiger partial charge in [0.2, 0.25) is 0 Å². The zero-order valence-corrected chi connectivity index (χ0v) is 17.0. The van der Waals surface area contributed by atoms with Gasteiger partial charge < -0.3 is 14.7 Å². The first-order valence-corrected chi connectivity index (χ1v) is 9.59. The van der Waals surface area contributed by atoms with Crippen LogP contribution in [0.4, 0.5) is 0 Å². The van der Waals surface area contributed by atoms with Gasteiger partial charge in [0, 0.05) is 17.6 Å². The van der Waals surface area contributed by atoms with Gasteiger partial charge in [-0.2, -0.15) is 0 Å². The minimum atomic E-state index is -1.01. The van der Waals surface area contributed by atoms with E-state index in [1.54, 1.807) is 24.8 Å². The van der Waals surface area contributed by atoms with Crippen LogP contribution in [0, 0.1) is 5.41 Å². The summed E-state index contributed by atoms with van der Waals surface area (Å²) in [6.07, 6.45) is 0.665. The van der Waals surface area contributed by atoms with Crippen LogP contribution >= 0.6 is 15.9 Å². The topological polar surface area (TPSA) is 66.8 Å². The maximum atomic E-state index is 13.1. The number of hydrogen-bond acceptors (Lipinski definition) is 3. The van der Waals surface area contributed by atoms with Gasteiger partial charge in [0.25, 0.3) is 5.91 Å². The summed E-state index contributed by atoms with van der Waals surface area (Å²) in [6, 6.07) is 13.5. The highest BCUT2D eigenvalue weighted by Gasteiger charge is 2.35. The molecule has 5 nitrogen and oxygen atoms in total. The molecule has 0 saturated carbocycles. The Morgan fingerprint density at radius 2 is 1.96 bits per heavy atom. The number of rotatable bonds is 6. The fourth-order valence-corrected chi connectivity index (χ4v) is 3.62. The summed E-state index contributed by atoms with van der Waals surface area (Å²) in [4.78, 5) is 26.2. The van der Waals surface area contributed by atoms with Crippen LogP contribution in [0.2, 0.25) is 0 Å². The van der Waals surface area contributed by atoms with Crippen LogP contribution < -0.4 is 4.74 Å². The van der Waals surface area contributed by atoms with E-state index in [-0.39, 0.29) is 12.5 Å². The van der Waals surface area contributed by atoms with Crippen LogP contribution in [-0.2, 0) is 17.8 Å². The molecule has 3 rings (SSSR count). The lowest BCUT2D eigenvalue weighted by atomic mass is 9.90. The number of nitrogens with zero attached hydrogens (tertiary/aromatic N) is 1. The molecule has 142 valence electrons. The number of carboxylic acids is 1. The van der Waals surface area contributed by atoms with Crippen molar-refractivity contribution in [3.05, 3.63) is 63.6 Å². The first-order valence-electron chi connectivity index (χ1n) is 8.80. The Kier molecular flexibility index (Phi) is 5.56. The molecule has 0 radical (unpaired) electrons. The summed E-state index contributed by atoms with van der Waals surface area (Å²) in [5, 5.41) is 9.39. The summed E-state index contributed by atoms with van der Waals surface area (Å²) in [6.45, 7) is 4.28. The Morgan fingerprint density at radius 1 is 1.26 bits per heavy atom. The van der Waals surface area contributed by atoms with Crippen LogP contribution in [0.25, 0.3) is 0 Å². The van der Waals surface area contributed by atoms with Crippen molar-refractivity contribution in [1.29, 1.82) is 0 Å². The lowest BCUT2D eigenvalue weighted by molar-refractivity contribution is -0.147. The Labute approximate surface area is 167 Å². The molecule has 0 unspecified atom stereocenters. The number of hydrogen-bond donors (Lipinski definition) is 1. The number of aliphatic carboxylic acids is 1. The van der Waals surface area contributed by atoms with E-state index in [4.69, 9.17) is 4.74 Å². The minimum absolute atomic E-state index is 0.162. The number of carboxylic acid groups (broad SMARTS) is 1. The molecule has 2 aromatic rings. The van der Waals surface area contributed by atoms with E-state index in [2.05, 4.69) is 15.9 Å². The number of amides is 1. The van der Waals surface area contributed by atoms with Gasteiger partial charge in [0.1, 0.15) is 12.4 Å². The van der Waals surface area contributed by atoms with Crippen molar-refractivity contribution in [2.45, 2.75) is 26.9 Å². The van der Waals surface area contributed by atoms with E-state index in [9.17, 15) is 14.7 Å². The second kappa shape index (κ2) is 7.72. The summed E-state index contributed by atoms with van der Waals surface area (Å²) < 4.78 is 6.83. The predicted octanol–water partition coefficient (Wildman–Crippen LogP) is 4.14. The van der Waals surface area contributed by atoms with Crippen molar-refractivity contribution in [3.8, 4) is 5.75 Å². The molecule has 6 heteroatoms. The molecule has 0 spiro atoms. The van der Waals surface area contributed by atoms with E-state index < -0.39 is 11.4 Å². The third kappa shape index (κ3) is 4.33. The fraction of sp³-hybridized carbons (Fsp3) is 0.333. The van der Waals surface area contributed by atoms with Crippen molar-refractivity contribution in [2.24, 2.45) is 5.41 Å². The van der Waals surface area contributed by atoms with Crippen molar-refractivity contribution in [3.63, 3.8) is 0 Å². The highest BCUT2D eigenvalue weighted by atomic mass is 79.9. The normalized spacial score (nSPS) is 14.0. The zero-order valence-electron chi connectivity index (χ0n) is 15.4. The highest BCUT2D eigenvalue weighted by molar-refractivity contribution is 9.10. The van der Waals surface area contributed by atoms with Gasteiger partial charge >= 0.3 is 5.97 Å². The molecule has 0 fully saturated rings. The average molecular weight is 432 g/mol. The van der Waals surface area contributed by atoms with Gasteiger partial charge in [0.15, 0.2) is 0 Å². The van der Waals surface area contributed by atoms with Crippen molar-refractivity contribution in [1.82, 2.24) is 4.90 Å². The van der Waals surface area contributed by atoms with Crippen molar-refractivity contribution < 1.29 is 19.4 Å². The molecule has 1 aliphatic heterocycles. The van der Waals surface area contributed by atoms with Gasteiger partial charge in [-0.15, -0.1) is 0 Å². The quantitative estimate of drug-likeness (QED) is 0.746. The third-order valence-electron chi connectivity index (χ3n) is 4.70. The maximum Gasteiger partial charge on any atom is 0.310 e. The standard InChI is InChI=1S/C21H22BrNO4/c1-21(2,20(25)26)13-23-9-8-15-10-16(22)11-17(18(15)19(23)24)27-12-14-6-4-3-5-7-14/h3-7,10-11H,8-9,12-13H2,1-2H3,(H,25,26). The Hall–Kier alpha value is -2.34. The molecule has 27 heavy (non-hydrogen) atoms. The molecule has 0 aliphatic carbocycles. The molecule has 0 atom stereocenters. The van der Waals surface area contributed by atoms with E-state index in [0.717, 1.165) is 15.6 Å².